The number of likely N-dealkylation sites (N-methyl/N-ethyl adjacent to an activating group) is 1. The van der Waals surface area contributed by atoms with Gasteiger partial charge in [0, 0.05) is 49.4 Å². The first-order valence-corrected chi connectivity index (χ1v) is 11.5. The molecule has 4 aromatic rings. The highest BCUT2D eigenvalue weighted by Gasteiger charge is 2.21. The minimum absolute atomic E-state index is 0.328. The summed E-state index contributed by atoms with van der Waals surface area (Å²) in [4.78, 5) is 7.93. The number of benzene rings is 3. The van der Waals surface area contributed by atoms with Crippen LogP contribution in [0.4, 0.5) is 15.8 Å². The summed E-state index contributed by atoms with van der Waals surface area (Å²) in [5.41, 5.74) is 9.74. The molecule has 1 aliphatic rings. The topological polar surface area (TPSA) is 39.5 Å². The van der Waals surface area contributed by atoms with Crippen LogP contribution in [0.1, 0.15) is 22.3 Å². The SMILES string of the molecule is [C-]#[N+]c1cc2[nH]nc(-c3cc(C)c4c(c3)CN(C)CC4)c2cc1-c1c(C)cc(N(C)C)cc1F. The lowest BCUT2D eigenvalue weighted by Gasteiger charge is -2.26. The lowest BCUT2D eigenvalue weighted by atomic mass is 9.91. The van der Waals surface area contributed by atoms with Crippen molar-refractivity contribution in [2.45, 2.75) is 26.8 Å². The van der Waals surface area contributed by atoms with Crippen molar-refractivity contribution in [2.75, 3.05) is 32.6 Å². The van der Waals surface area contributed by atoms with Crippen molar-refractivity contribution in [1.29, 1.82) is 0 Å². The number of anilines is 1. The summed E-state index contributed by atoms with van der Waals surface area (Å²) in [6.45, 7) is 13.8. The number of nitrogens with one attached hydrogen (secondary N) is 1. The molecule has 5 rings (SSSR count). The Labute approximate surface area is 199 Å². The summed E-state index contributed by atoms with van der Waals surface area (Å²) in [5, 5.41) is 8.61. The maximum atomic E-state index is 15.3. The molecular formula is C28H28FN5. The second-order valence-electron chi connectivity index (χ2n) is 9.53. The average molecular weight is 454 g/mol. The molecule has 0 fully saturated rings. The molecule has 1 aromatic heterocycles. The van der Waals surface area contributed by atoms with Crippen molar-refractivity contribution in [2.24, 2.45) is 0 Å². The molecule has 6 heteroatoms. The molecule has 0 amide bonds. The van der Waals surface area contributed by atoms with Gasteiger partial charge in [0.2, 0.25) is 0 Å². The molecule has 2 heterocycles. The predicted octanol–water partition coefficient (Wildman–Crippen LogP) is 6.26. The standard InChI is InChI=1S/C28H28FN5/c1-16-9-18(11-19-15-34(6)8-7-21(16)19)28-23-13-22(25(30-3)14-26(23)31-32-28)27-17(2)10-20(33(4)5)12-24(27)29/h9-14H,7-8,15H2,1-2,4-6H3,(H,31,32). The Balaban J connectivity index is 1.71. The smallest absolute Gasteiger partial charge is 0.197 e. The van der Waals surface area contributed by atoms with E-state index >= 15 is 4.39 Å². The van der Waals surface area contributed by atoms with Crippen molar-refractivity contribution >= 4 is 22.3 Å². The second kappa shape index (κ2) is 8.27. The van der Waals surface area contributed by atoms with E-state index in [-0.39, 0.29) is 5.82 Å². The summed E-state index contributed by atoms with van der Waals surface area (Å²) in [6.07, 6.45) is 1.05. The number of aromatic nitrogens is 2. The van der Waals surface area contributed by atoms with Gasteiger partial charge in [-0.3, -0.25) is 5.10 Å². The maximum Gasteiger partial charge on any atom is 0.197 e. The van der Waals surface area contributed by atoms with Gasteiger partial charge < -0.3 is 9.80 Å². The Morgan fingerprint density at radius 1 is 1.09 bits per heavy atom. The highest BCUT2D eigenvalue weighted by molar-refractivity contribution is 6.00. The predicted molar refractivity (Wildman–Crippen MR) is 137 cm³/mol. The van der Waals surface area contributed by atoms with Gasteiger partial charge in [-0.15, -0.1) is 0 Å². The van der Waals surface area contributed by atoms with E-state index in [0.717, 1.165) is 52.9 Å². The van der Waals surface area contributed by atoms with Gasteiger partial charge in [0.25, 0.3) is 0 Å². The van der Waals surface area contributed by atoms with E-state index in [0.29, 0.717) is 16.8 Å². The highest BCUT2D eigenvalue weighted by atomic mass is 19.1. The number of halogens is 1. The zero-order chi connectivity index (χ0) is 24.1. The van der Waals surface area contributed by atoms with E-state index in [1.165, 1.54) is 22.8 Å². The molecule has 0 saturated carbocycles. The van der Waals surface area contributed by atoms with Gasteiger partial charge in [-0.2, -0.15) is 5.10 Å². The van der Waals surface area contributed by atoms with Crippen LogP contribution in [0.25, 0.3) is 38.1 Å². The summed E-state index contributed by atoms with van der Waals surface area (Å²) in [5.74, 6) is -0.328. The monoisotopic (exact) mass is 453 g/mol. The molecule has 5 nitrogen and oxygen atoms in total. The highest BCUT2D eigenvalue weighted by Crippen LogP contribution is 2.41. The molecule has 0 aliphatic carbocycles. The summed E-state index contributed by atoms with van der Waals surface area (Å²) >= 11 is 0. The summed E-state index contributed by atoms with van der Waals surface area (Å²) in [7, 11) is 5.92. The first kappa shape index (κ1) is 22.1. The van der Waals surface area contributed by atoms with Crippen LogP contribution in [0.2, 0.25) is 0 Å². The number of H-pyrrole nitrogens is 1. The Hall–Kier alpha value is -3.69. The van der Waals surface area contributed by atoms with E-state index in [2.05, 4.69) is 46.0 Å². The number of aryl methyl sites for hydroxylation is 2. The first-order valence-electron chi connectivity index (χ1n) is 11.5. The molecule has 3 aromatic carbocycles. The van der Waals surface area contributed by atoms with E-state index < -0.39 is 0 Å². The van der Waals surface area contributed by atoms with Gasteiger partial charge in [0.15, 0.2) is 5.69 Å². The third kappa shape index (κ3) is 3.63. The van der Waals surface area contributed by atoms with Gasteiger partial charge in [0.05, 0.1) is 17.8 Å². The zero-order valence-electron chi connectivity index (χ0n) is 20.3. The number of nitrogens with zero attached hydrogens (tertiary/aromatic N) is 4. The Kier molecular flexibility index (Phi) is 5.38. The third-order valence-electron chi connectivity index (χ3n) is 6.88. The zero-order valence-corrected chi connectivity index (χ0v) is 20.3. The van der Waals surface area contributed by atoms with Gasteiger partial charge in [-0.05, 0) is 85.5 Å². The van der Waals surface area contributed by atoms with Crippen LogP contribution < -0.4 is 4.90 Å². The number of aromatic amines is 1. The van der Waals surface area contributed by atoms with E-state index in [9.17, 15) is 0 Å². The molecule has 0 atom stereocenters. The van der Waals surface area contributed by atoms with Crippen LogP contribution in [0, 0.1) is 26.2 Å². The molecule has 0 bridgehead atoms. The second-order valence-corrected chi connectivity index (χ2v) is 9.53. The fourth-order valence-corrected chi connectivity index (χ4v) is 5.09. The molecule has 0 radical (unpaired) electrons. The molecule has 1 aliphatic heterocycles. The van der Waals surface area contributed by atoms with Crippen LogP contribution in [0.5, 0.6) is 0 Å². The molecule has 0 unspecified atom stereocenters. The van der Waals surface area contributed by atoms with Gasteiger partial charge >= 0.3 is 0 Å². The first-order chi connectivity index (χ1) is 16.3. The normalized spacial score (nSPS) is 13.7. The number of rotatable bonds is 3. The van der Waals surface area contributed by atoms with E-state index in [1.54, 1.807) is 6.07 Å². The van der Waals surface area contributed by atoms with Gasteiger partial charge in [-0.1, -0.05) is 6.07 Å². The third-order valence-corrected chi connectivity index (χ3v) is 6.88. The number of fused-ring (bicyclic) bond motifs is 2. The average Bonchev–Trinajstić information content (AvgIpc) is 3.20. The molecule has 0 saturated heterocycles. The number of hydrogen-bond acceptors (Lipinski definition) is 3. The summed E-state index contributed by atoms with van der Waals surface area (Å²) in [6, 6.07) is 11.6. The maximum absolute atomic E-state index is 15.3. The largest absolute Gasteiger partial charge is 0.378 e. The van der Waals surface area contributed by atoms with Gasteiger partial charge in [0.1, 0.15) is 5.82 Å². The molecule has 172 valence electrons. The summed E-state index contributed by atoms with van der Waals surface area (Å²) < 4.78 is 15.3. The lowest BCUT2D eigenvalue weighted by molar-refractivity contribution is 0.312. The van der Waals surface area contributed by atoms with Crippen molar-refractivity contribution < 1.29 is 4.39 Å². The van der Waals surface area contributed by atoms with Crippen LogP contribution in [0.3, 0.4) is 0 Å². The van der Waals surface area contributed by atoms with Crippen molar-refractivity contribution in [3.8, 4) is 22.4 Å². The fourth-order valence-electron chi connectivity index (χ4n) is 5.09. The van der Waals surface area contributed by atoms with Crippen LogP contribution >= 0.6 is 0 Å². The van der Waals surface area contributed by atoms with Crippen LogP contribution in [0.15, 0.2) is 36.4 Å². The van der Waals surface area contributed by atoms with E-state index in [4.69, 9.17) is 6.57 Å². The number of hydrogen-bond donors (Lipinski definition) is 1. The Morgan fingerprint density at radius 3 is 2.59 bits per heavy atom. The molecular weight excluding hydrogens is 425 g/mol. The van der Waals surface area contributed by atoms with Crippen molar-refractivity contribution in [1.82, 2.24) is 15.1 Å². The minimum atomic E-state index is -0.328. The fraction of sp³-hybridized carbons (Fsp3) is 0.286. The van der Waals surface area contributed by atoms with E-state index in [1.807, 2.05) is 38.1 Å². The Morgan fingerprint density at radius 2 is 1.88 bits per heavy atom. The Bertz CT molecular complexity index is 1450. The minimum Gasteiger partial charge on any atom is -0.378 e. The lowest BCUT2D eigenvalue weighted by Crippen LogP contribution is -2.27. The quantitative estimate of drug-likeness (QED) is 0.372. The van der Waals surface area contributed by atoms with Crippen LogP contribution in [-0.2, 0) is 13.0 Å². The molecule has 0 spiro atoms. The molecule has 34 heavy (non-hydrogen) atoms. The van der Waals surface area contributed by atoms with Gasteiger partial charge in [-0.25, -0.2) is 9.24 Å². The van der Waals surface area contributed by atoms with Crippen molar-refractivity contribution in [3.05, 3.63) is 75.9 Å². The van der Waals surface area contributed by atoms with Crippen molar-refractivity contribution in [3.63, 3.8) is 0 Å². The van der Waals surface area contributed by atoms with Crippen LogP contribution in [-0.4, -0.2) is 42.8 Å². The molecule has 1 N–H and O–H groups in total.